The van der Waals surface area contributed by atoms with Crippen LogP contribution in [0.5, 0.6) is 0 Å². The first-order chi connectivity index (χ1) is 8.79. The van der Waals surface area contributed by atoms with E-state index in [9.17, 15) is 18.6 Å². The molecule has 0 heterocycles. The normalized spacial score (nSPS) is 16.8. The monoisotopic (exact) mass is 286 g/mol. The molecule has 4 nitrogen and oxygen atoms in total. The molecule has 2 atom stereocenters. The lowest BCUT2D eigenvalue weighted by atomic mass is 9.90. The number of benzene rings is 1. The first-order valence-corrected chi connectivity index (χ1v) is 8.38. The van der Waals surface area contributed by atoms with Gasteiger partial charge in [-0.3, -0.25) is 0 Å². The number of aliphatic hydroxyl groups excluding tert-OH is 1. The van der Waals surface area contributed by atoms with E-state index >= 15 is 0 Å². The smallest absolute Gasteiger partial charge is 0.184 e. The first kappa shape index (κ1) is 16.1. The van der Waals surface area contributed by atoms with Crippen molar-refractivity contribution < 1.29 is 18.6 Å². The van der Waals surface area contributed by atoms with Crippen molar-refractivity contribution in [1.29, 1.82) is 0 Å². The molecule has 0 saturated heterocycles. The largest absolute Gasteiger partial charge is 0.386 e. The Morgan fingerprint density at radius 2 is 1.84 bits per heavy atom. The van der Waals surface area contributed by atoms with Crippen LogP contribution in [0.1, 0.15) is 31.7 Å². The van der Waals surface area contributed by atoms with E-state index in [0.717, 1.165) is 18.2 Å². The summed E-state index contributed by atoms with van der Waals surface area (Å²) in [5.74, 6) is 0. The molecule has 0 aliphatic heterocycles. The van der Waals surface area contributed by atoms with Gasteiger partial charge in [-0.25, -0.2) is 8.42 Å². The Morgan fingerprint density at radius 3 is 2.32 bits per heavy atom. The molecule has 1 aromatic carbocycles. The molecular weight excluding hydrogens is 264 g/mol. The highest BCUT2D eigenvalue weighted by atomic mass is 32.2. The molecular formula is C14H22O4S. The minimum atomic E-state index is -3.71. The van der Waals surface area contributed by atoms with Crippen LogP contribution < -0.4 is 0 Å². The molecule has 1 rings (SSSR count). The predicted molar refractivity (Wildman–Crippen MR) is 75.5 cm³/mol. The minimum Gasteiger partial charge on any atom is -0.386 e. The summed E-state index contributed by atoms with van der Waals surface area (Å²) in [6.45, 7) is 1.95. The van der Waals surface area contributed by atoms with Crippen molar-refractivity contribution in [1.82, 2.24) is 0 Å². The predicted octanol–water partition coefficient (Wildman–Crippen LogP) is 1.51. The second-order valence-electron chi connectivity index (χ2n) is 5.05. The molecule has 2 unspecified atom stereocenters. The number of rotatable bonds is 7. The van der Waals surface area contributed by atoms with Crippen LogP contribution in [-0.2, 0) is 16.3 Å². The molecule has 0 fully saturated rings. The lowest BCUT2D eigenvalue weighted by molar-refractivity contribution is -0.0435. The van der Waals surface area contributed by atoms with Gasteiger partial charge in [0.05, 0.1) is 0 Å². The van der Waals surface area contributed by atoms with E-state index in [0.29, 0.717) is 6.42 Å². The van der Waals surface area contributed by atoms with Crippen LogP contribution in [-0.4, -0.2) is 35.9 Å². The van der Waals surface area contributed by atoms with E-state index in [-0.39, 0.29) is 12.8 Å². The highest BCUT2D eigenvalue weighted by molar-refractivity contribution is 7.91. The van der Waals surface area contributed by atoms with Gasteiger partial charge >= 0.3 is 0 Å². The second-order valence-corrected chi connectivity index (χ2v) is 7.16. The van der Waals surface area contributed by atoms with E-state index in [1.165, 1.54) is 0 Å². The van der Waals surface area contributed by atoms with E-state index in [4.69, 9.17) is 0 Å². The zero-order valence-electron chi connectivity index (χ0n) is 11.4. The summed E-state index contributed by atoms with van der Waals surface area (Å²) in [6, 6.07) is 9.12. The van der Waals surface area contributed by atoms with Crippen LogP contribution in [0.2, 0.25) is 0 Å². The number of hydrogen-bond donors (Lipinski definition) is 2. The fourth-order valence-electron chi connectivity index (χ4n) is 2.13. The average molecular weight is 286 g/mol. The SMILES string of the molecule is CCCCC(O)(Cc1ccccc1)C(O)S(C)(=O)=O. The summed E-state index contributed by atoms with van der Waals surface area (Å²) in [5.41, 5.74) is -2.58. The molecule has 0 spiro atoms. The molecule has 0 amide bonds. The number of hydrogen-bond acceptors (Lipinski definition) is 4. The molecule has 0 bridgehead atoms. The molecule has 0 aliphatic rings. The van der Waals surface area contributed by atoms with Crippen LogP contribution in [0.4, 0.5) is 0 Å². The molecule has 5 heteroatoms. The first-order valence-electron chi connectivity index (χ1n) is 6.43. The van der Waals surface area contributed by atoms with Gasteiger partial charge in [0.2, 0.25) is 0 Å². The highest BCUT2D eigenvalue weighted by Crippen LogP contribution is 2.26. The van der Waals surface area contributed by atoms with Crippen molar-refractivity contribution in [2.45, 2.75) is 43.6 Å². The summed E-state index contributed by atoms with van der Waals surface area (Å²) in [5, 5.41) is 20.5. The molecule has 0 saturated carbocycles. The van der Waals surface area contributed by atoms with Gasteiger partial charge in [-0.05, 0) is 12.0 Å². The lowest BCUT2D eigenvalue weighted by Gasteiger charge is -2.32. The van der Waals surface area contributed by atoms with Gasteiger partial charge in [0, 0.05) is 12.7 Å². The third kappa shape index (κ3) is 4.60. The molecule has 1 aromatic rings. The van der Waals surface area contributed by atoms with Gasteiger partial charge in [-0.2, -0.15) is 0 Å². The summed E-state index contributed by atoms with van der Waals surface area (Å²) < 4.78 is 23.0. The summed E-state index contributed by atoms with van der Waals surface area (Å²) in [7, 11) is -3.71. The van der Waals surface area contributed by atoms with Gasteiger partial charge in [0.25, 0.3) is 0 Å². The average Bonchev–Trinajstić information content (AvgIpc) is 2.35. The van der Waals surface area contributed by atoms with Crippen molar-refractivity contribution in [3.8, 4) is 0 Å². The molecule has 108 valence electrons. The fraction of sp³-hybridized carbons (Fsp3) is 0.571. The van der Waals surface area contributed by atoms with Gasteiger partial charge in [0.15, 0.2) is 15.3 Å². The highest BCUT2D eigenvalue weighted by Gasteiger charge is 2.41. The maximum absolute atomic E-state index is 11.5. The zero-order chi connectivity index (χ0) is 14.5. The standard InChI is InChI=1S/C14H22O4S/c1-3-4-10-14(16,13(15)19(2,17)18)11-12-8-6-5-7-9-12/h5-9,13,15-16H,3-4,10-11H2,1-2H3. The van der Waals surface area contributed by atoms with E-state index < -0.39 is 20.9 Å². The van der Waals surface area contributed by atoms with Crippen molar-refractivity contribution in [2.24, 2.45) is 0 Å². The topological polar surface area (TPSA) is 74.6 Å². The van der Waals surface area contributed by atoms with E-state index in [1.54, 1.807) is 0 Å². The second kappa shape index (κ2) is 6.50. The van der Waals surface area contributed by atoms with Gasteiger partial charge in [-0.1, -0.05) is 50.1 Å². The van der Waals surface area contributed by atoms with Crippen LogP contribution >= 0.6 is 0 Å². The number of unbranched alkanes of at least 4 members (excludes halogenated alkanes) is 1. The summed E-state index contributed by atoms with van der Waals surface area (Å²) >= 11 is 0. The Bertz CT molecular complexity index is 483. The third-order valence-corrected chi connectivity index (χ3v) is 4.43. The molecule has 19 heavy (non-hydrogen) atoms. The zero-order valence-corrected chi connectivity index (χ0v) is 12.2. The van der Waals surface area contributed by atoms with Crippen LogP contribution in [0, 0.1) is 0 Å². The molecule has 0 radical (unpaired) electrons. The molecule has 0 aromatic heterocycles. The third-order valence-electron chi connectivity index (χ3n) is 3.18. The Labute approximate surface area is 115 Å². The minimum absolute atomic E-state index is 0.127. The van der Waals surface area contributed by atoms with E-state index in [2.05, 4.69) is 0 Å². The van der Waals surface area contributed by atoms with Crippen molar-refractivity contribution >= 4 is 9.84 Å². The fourth-order valence-corrected chi connectivity index (χ4v) is 3.13. The summed E-state index contributed by atoms with van der Waals surface area (Å²) in [4.78, 5) is 0. The van der Waals surface area contributed by atoms with Crippen LogP contribution in [0.25, 0.3) is 0 Å². The maximum atomic E-state index is 11.5. The van der Waals surface area contributed by atoms with Crippen molar-refractivity contribution in [2.75, 3.05) is 6.26 Å². The molecule has 0 aliphatic carbocycles. The van der Waals surface area contributed by atoms with Crippen LogP contribution in [0.15, 0.2) is 30.3 Å². The molecule has 2 N–H and O–H groups in total. The van der Waals surface area contributed by atoms with E-state index in [1.807, 2.05) is 37.3 Å². The maximum Gasteiger partial charge on any atom is 0.184 e. The van der Waals surface area contributed by atoms with Crippen LogP contribution in [0.3, 0.4) is 0 Å². The number of aliphatic hydroxyl groups is 2. The Kier molecular flexibility index (Phi) is 5.52. The van der Waals surface area contributed by atoms with Gasteiger partial charge in [-0.15, -0.1) is 0 Å². The van der Waals surface area contributed by atoms with Crippen molar-refractivity contribution in [3.05, 3.63) is 35.9 Å². The quantitative estimate of drug-likeness (QED) is 0.797. The summed E-state index contributed by atoms with van der Waals surface area (Å²) in [6.07, 6.45) is 2.82. The Hall–Kier alpha value is -0.910. The van der Waals surface area contributed by atoms with Gasteiger partial charge < -0.3 is 10.2 Å². The Morgan fingerprint density at radius 1 is 1.26 bits per heavy atom. The lowest BCUT2D eigenvalue weighted by Crippen LogP contribution is -2.48. The van der Waals surface area contributed by atoms with Gasteiger partial charge in [0.1, 0.15) is 5.60 Å². The van der Waals surface area contributed by atoms with Crippen molar-refractivity contribution in [3.63, 3.8) is 0 Å². The number of sulfone groups is 1. The Balaban J connectivity index is 2.99.